The van der Waals surface area contributed by atoms with Crippen molar-refractivity contribution in [2.45, 2.75) is 149 Å². The number of aliphatic hydroxyl groups is 12. The zero-order chi connectivity index (χ0) is 45.9. The van der Waals surface area contributed by atoms with Crippen molar-refractivity contribution in [3.63, 3.8) is 0 Å². The molecule has 0 spiro atoms. The summed E-state index contributed by atoms with van der Waals surface area (Å²) in [5.41, 5.74) is 0. The Kier molecular flexibility index (Phi) is 17.6. The molecule has 0 radical (unpaired) electrons. The van der Waals surface area contributed by atoms with E-state index in [-0.39, 0.29) is 0 Å². The predicted octanol–water partition coefficient (Wildman–Crippen LogP) is -10.4. The normalized spacial score (nSPS) is 43.2. The molecule has 4 saturated heterocycles. The maximum Gasteiger partial charge on any atom is 0.397 e. The fourth-order valence-electron chi connectivity index (χ4n) is 7.09. The van der Waals surface area contributed by atoms with Crippen molar-refractivity contribution >= 4 is 28.2 Å². The quantitative estimate of drug-likeness (QED) is 0.0602. The first kappa shape index (κ1) is 51.2. The number of carbonyl (C=O) groups is 3. The lowest BCUT2D eigenvalue weighted by molar-refractivity contribution is -0.383. The molecule has 354 valence electrons. The molecule has 0 aromatic carbocycles. The Hall–Kier alpha value is -2.48. The van der Waals surface area contributed by atoms with E-state index < -0.39 is 189 Å². The van der Waals surface area contributed by atoms with E-state index in [9.17, 15) is 93.7 Å². The molecule has 21 atom stereocenters. The molecule has 0 saturated carbocycles. The number of carboxylic acid groups (broad SMARTS) is 1. The first-order valence-corrected chi connectivity index (χ1v) is 19.7. The molecule has 0 bridgehead atoms. The van der Waals surface area contributed by atoms with Crippen molar-refractivity contribution in [3.05, 3.63) is 0 Å². The molecular weight excluding hydrogens is 864 g/mol. The number of carbonyl (C=O) groups excluding carboxylic acids is 2. The minimum absolute atomic E-state index is 0.821. The number of aliphatic hydroxyl groups excluding tert-OH is 12. The van der Waals surface area contributed by atoms with Crippen molar-refractivity contribution in [2.24, 2.45) is 0 Å². The van der Waals surface area contributed by atoms with Gasteiger partial charge in [0.25, 0.3) is 5.79 Å². The molecule has 61 heavy (non-hydrogen) atoms. The number of amides is 2. The van der Waals surface area contributed by atoms with Crippen LogP contribution in [0, 0.1) is 0 Å². The van der Waals surface area contributed by atoms with Crippen LogP contribution in [0.15, 0.2) is 0 Å². The molecule has 30 heteroatoms. The van der Waals surface area contributed by atoms with Crippen LogP contribution in [-0.4, -0.2) is 252 Å². The highest BCUT2D eigenvalue weighted by atomic mass is 32.3. The van der Waals surface area contributed by atoms with Gasteiger partial charge in [0, 0.05) is 20.3 Å². The number of ether oxygens (including phenoxy) is 7. The average Bonchev–Trinajstić information content (AvgIpc) is 3.18. The van der Waals surface area contributed by atoms with Crippen LogP contribution in [0.4, 0.5) is 0 Å². The van der Waals surface area contributed by atoms with Crippen LogP contribution < -0.4 is 10.6 Å². The highest BCUT2D eigenvalue weighted by Crippen LogP contribution is 2.38. The molecule has 4 heterocycles. The molecule has 4 fully saturated rings. The van der Waals surface area contributed by atoms with Gasteiger partial charge < -0.3 is 110 Å². The van der Waals surface area contributed by atoms with Crippen molar-refractivity contribution in [3.8, 4) is 0 Å². The summed E-state index contributed by atoms with van der Waals surface area (Å²) >= 11 is 0. The van der Waals surface area contributed by atoms with Gasteiger partial charge in [0.1, 0.15) is 91.5 Å². The number of carboxylic acids is 1. The highest BCUT2D eigenvalue weighted by molar-refractivity contribution is 7.80. The minimum Gasteiger partial charge on any atom is -0.477 e. The molecule has 2 amide bonds. The van der Waals surface area contributed by atoms with E-state index in [0.29, 0.717) is 0 Å². The topological polar surface area (TPSA) is 466 Å². The largest absolute Gasteiger partial charge is 0.477 e. The maximum absolute atomic E-state index is 12.9. The van der Waals surface area contributed by atoms with Crippen molar-refractivity contribution in [2.75, 3.05) is 26.4 Å². The van der Waals surface area contributed by atoms with Gasteiger partial charge in [0.2, 0.25) is 11.8 Å². The molecule has 0 aromatic rings. The standard InChI is InChI=1S/C31H52N2O27S/c1-8(36)32-15-10(38)3-31(30(48)49,59-25(15)17(40)11(39)4-34)60-26-19(42)12(5-35)56-29(23(26)46)58-24-14(7-54-61(50,51)52)57-28(16(20(24)43)33-9(2)37)53-6-13-18(41)21(44)22(45)27(47)55-13/h10-29,34-35,38-47H,3-7H2,1-2H3,(H,32,36)(H,33,37)(H,48,49)(H,50,51,52)/t10-,11+,12+,13+,14+,15+,16+,17+,18+,19-,20+,21-,22-,23+,24+,25+,26-,27-,28+,29-,31-/m0/s1. The molecule has 4 rings (SSSR count). The van der Waals surface area contributed by atoms with Gasteiger partial charge in [-0.05, 0) is 0 Å². The summed E-state index contributed by atoms with van der Waals surface area (Å²) in [6.45, 7) is -2.38. The third-order valence-corrected chi connectivity index (χ3v) is 10.6. The molecule has 0 unspecified atom stereocenters. The highest BCUT2D eigenvalue weighted by Gasteiger charge is 2.60. The summed E-state index contributed by atoms with van der Waals surface area (Å²) in [5.74, 6) is -6.96. The molecule has 4 aliphatic heterocycles. The third kappa shape index (κ3) is 12.0. The van der Waals surface area contributed by atoms with Gasteiger partial charge in [-0.15, -0.1) is 0 Å². The zero-order valence-corrected chi connectivity index (χ0v) is 32.9. The Morgan fingerprint density at radius 2 is 1.36 bits per heavy atom. The minimum atomic E-state index is -5.29. The van der Waals surface area contributed by atoms with Crippen LogP contribution in [0.1, 0.15) is 20.3 Å². The Balaban J connectivity index is 1.66. The van der Waals surface area contributed by atoms with Crippen LogP contribution in [0.3, 0.4) is 0 Å². The SMILES string of the molecule is CC(=O)N[C@H]1[C@H](OC[C@H]2O[C@H](O)[C@@H](O)[C@@H](O)[C@@H]2O)O[C@H](COS(=O)(=O)O)[C@@H](O[C@@H]2O[C@H](CO)[C@H](O)[C@H](O[C@]3(C(=O)O)C[C@H](O)[C@@H](NC(C)=O)[C@H]([C@H](O)[C@H](O)CO)O3)[C@H]2O)[C@@H]1O. The summed E-state index contributed by atoms with van der Waals surface area (Å²) in [4.78, 5) is 37.0. The summed E-state index contributed by atoms with van der Waals surface area (Å²) in [5, 5.41) is 141. The molecule has 4 aliphatic rings. The van der Waals surface area contributed by atoms with Gasteiger partial charge in [0.15, 0.2) is 18.9 Å². The van der Waals surface area contributed by atoms with Gasteiger partial charge in [-0.3, -0.25) is 14.1 Å². The second-order valence-corrected chi connectivity index (χ2v) is 15.7. The summed E-state index contributed by atoms with van der Waals surface area (Å²) in [6, 6.07) is -3.42. The Morgan fingerprint density at radius 1 is 0.754 bits per heavy atom. The summed E-state index contributed by atoms with van der Waals surface area (Å²) < 4.78 is 75.7. The van der Waals surface area contributed by atoms with E-state index in [1.807, 2.05) is 0 Å². The second kappa shape index (κ2) is 21.0. The number of hydrogen-bond donors (Lipinski definition) is 16. The molecule has 29 nitrogen and oxygen atoms in total. The first-order valence-electron chi connectivity index (χ1n) is 18.4. The Labute approximate surface area is 344 Å². The monoisotopic (exact) mass is 916 g/mol. The Morgan fingerprint density at radius 3 is 1.92 bits per heavy atom. The maximum atomic E-state index is 12.9. The van der Waals surface area contributed by atoms with Crippen molar-refractivity contribution in [1.82, 2.24) is 10.6 Å². The molecule has 16 N–H and O–H groups in total. The van der Waals surface area contributed by atoms with Gasteiger partial charge in [-0.1, -0.05) is 0 Å². The van der Waals surface area contributed by atoms with Crippen molar-refractivity contribution < 1.29 is 131 Å². The first-order chi connectivity index (χ1) is 28.4. The molecule has 0 aliphatic carbocycles. The number of nitrogens with one attached hydrogen (secondary N) is 2. The van der Waals surface area contributed by atoms with Gasteiger partial charge in [-0.25, -0.2) is 8.98 Å². The number of aliphatic carboxylic acids is 1. The predicted molar refractivity (Wildman–Crippen MR) is 185 cm³/mol. The van der Waals surface area contributed by atoms with Crippen LogP contribution in [0.25, 0.3) is 0 Å². The van der Waals surface area contributed by atoms with E-state index in [0.717, 1.165) is 13.8 Å². The van der Waals surface area contributed by atoms with Crippen LogP contribution in [0.5, 0.6) is 0 Å². The Bertz CT molecular complexity index is 1600. The fourth-order valence-corrected chi connectivity index (χ4v) is 7.40. The fraction of sp³-hybridized carbons (Fsp3) is 0.903. The second-order valence-electron chi connectivity index (χ2n) is 14.6. The van der Waals surface area contributed by atoms with Crippen LogP contribution in [-0.2, 0) is 62.1 Å². The van der Waals surface area contributed by atoms with Crippen LogP contribution >= 0.6 is 0 Å². The van der Waals surface area contributed by atoms with Crippen LogP contribution in [0.2, 0.25) is 0 Å². The van der Waals surface area contributed by atoms with Gasteiger partial charge in [0.05, 0.1) is 38.6 Å². The smallest absolute Gasteiger partial charge is 0.397 e. The molecular formula is C31H52N2O27S. The lowest BCUT2D eigenvalue weighted by Crippen LogP contribution is -2.71. The van der Waals surface area contributed by atoms with E-state index in [1.165, 1.54) is 0 Å². The van der Waals surface area contributed by atoms with E-state index in [4.69, 9.17) is 33.2 Å². The lowest BCUT2D eigenvalue weighted by atomic mass is 9.88. The average molecular weight is 917 g/mol. The lowest BCUT2D eigenvalue weighted by Gasteiger charge is -2.51. The number of rotatable bonds is 17. The van der Waals surface area contributed by atoms with E-state index in [1.54, 1.807) is 0 Å². The number of hydrogen-bond acceptors (Lipinski definition) is 25. The van der Waals surface area contributed by atoms with Gasteiger partial charge >= 0.3 is 16.4 Å². The van der Waals surface area contributed by atoms with E-state index >= 15 is 0 Å². The summed E-state index contributed by atoms with van der Waals surface area (Å²) in [7, 11) is -5.29. The van der Waals surface area contributed by atoms with Crippen molar-refractivity contribution in [1.29, 1.82) is 0 Å². The third-order valence-electron chi connectivity index (χ3n) is 10.2. The van der Waals surface area contributed by atoms with Gasteiger partial charge in [-0.2, -0.15) is 8.42 Å². The summed E-state index contributed by atoms with van der Waals surface area (Å²) in [6.07, 6.45) is -38.0. The van der Waals surface area contributed by atoms with E-state index in [2.05, 4.69) is 14.8 Å². The molecule has 0 aromatic heterocycles. The zero-order valence-electron chi connectivity index (χ0n) is 32.1.